The minimum Gasteiger partial charge on any atom is -0.384 e. The van der Waals surface area contributed by atoms with Crippen molar-refractivity contribution in [1.82, 2.24) is 0 Å². The van der Waals surface area contributed by atoms with Gasteiger partial charge in [-0.05, 0) is 37.5 Å². The van der Waals surface area contributed by atoms with Crippen LogP contribution in [0.1, 0.15) is 36.8 Å². The molecule has 20 heavy (non-hydrogen) atoms. The topological polar surface area (TPSA) is 66.4 Å². The molecule has 2 N–H and O–H groups in total. The van der Waals surface area contributed by atoms with Crippen molar-refractivity contribution < 1.29 is 13.5 Å². The zero-order valence-corrected chi connectivity index (χ0v) is 12.3. The highest BCUT2D eigenvalue weighted by atomic mass is 32.2. The van der Waals surface area contributed by atoms with Gasteiger partial charge in [-0.25, -0.2) is 8.42 Å². The molecule has 2 rings (SSSR count). The molecule has 0 spiro atoms. The Morgan fingerprint density at radius 2 is 2.05 bits per heavy atom. The number of rotatable bonds is 3. The maximum atomic E-state index is 12.3. The van der Waals surface area contributed by atoms with Crippen LogP contribution in [-0.2, 0) is 10.0 Å². The van der Waals surface area contributed by atoms with E-state index in [1.54, 1.807) is 6.07 Å². The zero-order valence-electron chi connectivity index (χ0n) is 11.5. The fourth-order valence-corrected chi connectivity index (χ4v) is 4.03. The fraction of sp³-hybridized carbons (Fsp3) is 0.467. The van der Waals surface area contributed by atoms with Gasteiger partial charge in [-0.3, -0.25) is 4.72 Å². The Balaban J connectivity index is 2.28. The monoisotopic (exact) mass is 293 g/mol. The Labute approximate surface area is 120 Å². The van der Waals surface area contributed by atoms with Gasteiger partial charge in [-0.15, -0.1) is 0 Å². The van der Waals surface area contributed by atoms with Crippen molar-refractivity contribution in [3.63, 3.8) is 0 Å². The van der Waals surface area contributed by atoms with E-state index in [4.69, 9.17) is 5.11 Å². The summed E-state index contributed by atoms with van der Waals surface area (Å²) in [4.78, 5) is 0. The van der Waals surface area contributed by atoms with Crippen LogP contribution in [0.4, 0.5) is 5.69 Å². The molecule has 0 bridgehead atoms. The smallest absolute Gasteiger partial charge is 0.235 e. The molecule has 1 aliphatic rings. The van der Waals surface area contributed by atoms with Crippen LogP contribution in [0.3, 0.4) is 0 Å². The van der Waals surface area contributed by atoms with E-state index in [2.05, 4.69) is 16.6 Å². The summed E-state index contributed by atoms with van der Waals surface area (Å²) < 4.78 is 27.3. The highest BCUT2D eigenvalue weighted by molar-refractivity contribution is 7.93. The van der Waals surface area contributed by atoms with Crippen molar-refractivity contribution in [2.45, 2.75) is 37.9 Å². The van der Waals surface area contributed by atoms with Crippen molar-refractivity contribution in [3.8, 4) is 11.8 Å². The molecule has 0 saturated heterocycles. The van der Waals surface area contributed by atoms with Gasteiger partial charge in [0, 0.05) is 5.56 Å². The van der Waals surface area contributed by atoms with Gasteiger partial charge in [0.05, 0.1) is 10.9 Å². The number of hydrogen-bond donors (Lipinski definition) is 2. The number of aliphatic hydroxyl groups is 1. The summed E-state index contributed by atoms with van der Waals surface area (Å²) in [7, 11) is -3.35. The highest BCUT2D eigenvalue weighted by Gasteiger charge is 2.29. The second kappa shape index (κ2) is 6.29. The van der Waals surface area contributed by atoms with Gasteiger partial charge >= 0.3 is 0 Å². The summed E-state index contributed by atoms with van der Waals surface area (Å²) in [6, 6.07) is 5.38. The summed E-state index contributed by atoms with van der Waals surface area (Å²) in [5.41, 5.74) is 2.08. The van der Waals surface area contributed by atoms with Gasteiger partial charge in [-0.2, -0.15) is 0 Å². The van der Waals surface area contributed by atoms with Crippen LogP contribution in [0, 0.1) is 18.8 Å². The number of sulfonamides is 1. The van der Waals surface area contributed by atoms with E-state index in [-0.39, 0.29) is 11.9 Å². The molecule has 0 amide bonds. The molecule has 1 aliphatic carbocycles. The molecule has 0 unspecified atom stereocenters. The number of benzene rings is 1. The minimum atomic E-state index is -3.35. The second-order valence-corrected chi connectivity index (χ2v) is 7.02. The molecule has 1 saturated carbocycles. The molecule has 1 fully saturated rings. The van der Waals surface area contributed by atoms with Crippen molar-refractivity contribution in [2.75, 3.05) is 11.3 Å². The third-order valence-electron chi connectivity index (χ3n) is 3.47. The number of nitrogens with one attached hydrogen (secondary N) is 1. The van der Waals surface area contributed by atoms with Crippen molar-refractivity contribution in [2.24, 2.45) is 0 Å². The molecule has 1 aromatic carbocycles. The van der Waals surface area contributed by atoms with Crippen molar-refractivity contribution >= 4 is 15.7 Å². The average Bonchev–Trinajstić information content (AvgIpc) is 2.93. The first-order valence-electron chi connectivity index (χ1n) is 6.75. The molecular formula is C15H19NO3S. The van der Waals surface area contributed by atoms with Gasteiger partial charge in [0.1, 0.15) is 6.61 Å². The van der Waals surface area contributed by atoms with Gasteiger partial charge in [-0.1, -0.05) is 30.7 Å². The first-order chi connectivity index (χ1) is 9.53. The van der Waals surface area contributed by atoms with Gasteiger partial charge in [0.25, 0.3) is 0 Å². The molecule has 0 radical (unpaired) electrons. The maximum Gasteiger partial charge on any atom is 0.235 e. The summed E-state index contributed by atoms with van der Waals surface area (Å²) in [5, 5.41) is 8.48. The number of hydrogen-bond acceptors (Lipinski definition) is 3. The Kier molecular flexibility index (Phi) is 4.69. The fourth-order valence-electron chi connectivity index (χ4n) is 2.42. The van der Waals surface area contributed by atoms with Crippen LogP contribution in [-0.4, -0.2) is 25.4 Å². The van der Waals surface area contributed by atoms with Crippen molar-refractivity contribution in [3.05, 3.63) is 29.3 Å². The Morgan fingerprint density at radius 3 is 2.70 bits per heavy atom. The molecule has 108 valence electrons. The van der Waals surface area contributed by atoms with E-state index in [0.29, 0.717) is 11.3 Å². The SMILES string of the molecule is Cc1ccc(NS(=O)(=O)C2CCCC2)c(C#CCO)c1. The first kappa shape index (κ1) is 14.9. The summed E-state index contributed by atoms with van der Waals surface area (Å²) in [6.45, 7) is 1.67. The molecule has 0 heterocycles. The summed E-state index contributed by atoms with van der Waals surface area (Å²) in [5.74, 6) is 5.35. The Bertz CT molecular complexity index is 635. The molecule has 5 heteroatoms. The van der Waals surface area contributed by atoms with Crippen LogP contribution in [0.25, 0.3) is 0 Å². The van der Waals surface area contributed by atoms with Crippen LogP contribution >= 0.6 is 0 Å². The normalized spacial score (nSPS) is 15.7. The van der Waals surface area contributed by atoms with E-state index in [1.807, 2.05) is 19.1 Å². The van der Waals surface area contributed by atoms with Gasteiger partial charge in [0.2, 0.25) is 10.0 Å². The lowest BCUT2D eigenvalue weighted by atomic mass is 10.1. The summed E-state index contributed by atoms with van der Waals surface area (Å²) >= 11 is 0. The van der Waals surface area contributed by atoms with Crippen molar-refractivity contribution in [1.29, 1.82) is 0 Å². The predicted molar refractivity (Wildman–Crippen MR) is 79.9 cm³/mol. The Morgan fingerprint density at radius 1 is 1.35 bits per heavy atom. The minimum absolute atomic E-state index is 0.247. The van der Waals surface area contributed by atoms with E-state index >= 15 is 0 Å². The van der Waals surface area contributed by atoms with E-state index in [1.165, 1.54) is 0 Å². The largest absolute Gasteiger partial charge is 0.384 e. The zero-order chi connectivity index (χ0) is 14.6. The third kappa shape index (κ3) is 3.53. The van der Waals surface area contributed by atoms with Crippen LogP contribution < -0.4 is 4.72 Å². The highest BCUT2D eigenvalue weighted by Crippen LogP contribution is 2.27. The Hall–Kier alpha value is -1.51. The lowest BCUT2D eigenvalue weighted by Crippen LogP contribution is -2.25. The summed E-state index contributed by atoms with van der Waals surface area (Å²) in [6.07, 6.45) is 3.38. The number of anilines is 1. The second-order valence-electron chi connectivity index (χ2n) is 5.06. The molecule has 0 atom stereocenters. The van der Waals surface area contributed by atoms with E-state index in [9.17, 15) is 8.42 Å². The van der Waals surface area contributed by atoms with Crippen LogP contribution in [0.5, 0.6) is 0 Å². The first-order valence-corrected chi connectivity index (χ1v) is 8.29. The third-order valence-corrected chi connectivity index (χ3v) is 5.32. The van der Waals surface area contributed by atoms with Gasteiger partial charge < -0.3 is 5.11 Å². The molecule has 0 aromatic heterocycles. The molecule has 1 aromatic rings. The van der Waals surface area contributed by atoms with Crippen LogP contribution in [0.2, 0.25) is 0 Å². The van der Waals surface area contributed by atoms with Crippen LogP contribution in [0.15, 0.2) is 18.2 Å². The standard InChI is InChI=1S/C15H19NO3S/c1-12-8-9-15(13(11-12)5-4-10-17)16-20(18,19)14-6-2-3-7-14/h8-9,11,14,16-17H,2-3,6-7,10H2,1H3. The molecule has 0 aliphatic heterocycles. The maximum absolute atomic E-state index is 12.3. The average molecular weight is 293 g/mol. The lowest BCUT2D eigenvalue weighted by Gasteiger charge is -2.15. The lowest BCUT2D eigenvalue weighted by molar-refractivity contribution is 0.350. The number of aliphatic hydroxyl groups excluding tert-OH is 1. The number of aryl methyl sites for hydroxylation is 1. The quantitative estimate of drug-likeness (QED) is 0.838. The predicted octanol–water partition coefficient (Wildman–Crippen LogP) is 2.02. The van der Waals surface area contributed by atoms with E-state index < -0.39 is 10.0 Å². The van der Waals surface area contributed by atoms with E-state index in [0.717, 1.165) is 31.2 Å². The molecule has 4 nitrogen and oxygen atoms in total. The van der Waals surface area contributed by atoms with Gasteiger partial charge in [0.15, 0.2) is 0 Å². The molecular weight excluding hydrogens is 274 g/mol.